The number of nitrogens with zero attached hydrogens (tertiary/aromatic N) is 6. The molecule has 1 fully saturated rings. The highest BCUT2D eigenvalue weighted by Crippen LogP contribution is 2.20. The van der Waals surface area contributed by atoms with E-state index in [9.17, 15) is 0 Å². The molecule has 1 saturated heterocycles. The maximum absolute atomic E-state index is 5.49. The average molecular weight is 288 g/mol. The highest BCUT2D eigenvalue weighted by Gasteiger charge is 2.19. The summed E-state index contributed by atoms with van der Waals surface area (Å²) >= 11 is 0. The van der Waals surface area contributed by atoms with Crippen molar-refractivity contribution < 1.29 is 0 Å². The molecule has 3 rings (SSSR count). The highest BCUT2D eigenvalue weighted by atomic mass is 15.4. The summed E-state index contributed by atoms with van der Waals surface area (Å²) < 4.78 is 1.74. The van der Waals surface area contributed by atoms with E-state index < -0.39 is 0 Å². The van der Waals surface area contributed by atoms with Crippen LogP contribution in [0, 0.1) is 20.8 Å². The summed E-state index contributed by atoms with van der Waals surface area (Å²) in [4.78, 5) is 15.4. The molecule has 0 bridgehead atoms. The van der Waals surface area contributed by atoms with E-state index in [0.29, 0.717) is 17.8 Å². The normalized spacial score (nSPS) is 14.8. The van der Waals surface area contributed by atoms with Crippen LogP contribution in [0.3, 0.4) is 0 Å². The smallest absolute Gasteiger partial charge is 0.257 e. The second-order valence-corrected chi connectivity index (χ2v) is 5.31. The molecule has 3 N–H and O–H groups in total. The molecule has 0 aromatic carbocycles. The van der Waals surface area contributed by atoms with Crippen molar-refractivity contribution >= 4 is 11.9 Å². The van der Waals surface area contributed by atoms with Gasteiger partial charge in [-0.05, 0) is 39.2 Å². The zero-order chi connectivity index (χ0) is 15.0. The minimum Gasteiger partial charge on any atom is -0.341 e. The SMILES string of the molecule is Cc1nn(-c2nc(NN)nc(N3CCCC3)n2)c(C)c1C. The van der Waals surface area contributed by atoms with Gasteiger partial charge in [0.05, 0.1) is 5.69 Å². The van der Waals surface area contributed by atoms with Crippen LogP contribution in [-0.4, -0.2) is 37.8 Å². The summed E-state index contributed by atoms with van der Waals surface area (Å²) in [6, 6.07) is 0. The minimum atomic E-state index is 0.354. The van der Waals surface area contributed by atoms with Gasteiger partial charge in [-0.2, -0.15) is 20.1 Å². The van der Waals surface area contributed by atoms with E-state index in [1.54, 1.807) is 4.68 Å². The van der Waals surface area contributed by atoms with Gasteiger partial charge in [-0.25, -0.2) is 10.5 Å². The molecule has 3 heterocycles. The third kappa shape index (κ3) is 2.42. The van der Waals surface area contributed by atoms with Crippen LogP contribution in [0.4, 0.5) is 11.9 Å². The molecule has 21 heavy (non-hydrogen) atoms. The molecule has 0 atom stereocenters. The van der Waals surface area contributed by atoms with E-state index in [0.717, 1.165) is 42.9 Å². The average Bonchev–Trinajstić information content (AvgIpc) is 3.12. The van der Waals surface area contributed by atoms with Gasteiger partial charge in [0.25, 0.3) is 5.95 Å². The molecular weight excluding hydrogens is 268 g/mol. The van der Waals surface area contributed by atoms with Crippen LogP contribution in [-0.2, 0) is 0 Å². The molecule has 0 unspecified atom stereocenters. The Balaban J connectivity index is 2.08. The van der Waals surface area contributed by atoms with E-state index in [1.807, 2.05) is 20.8 Å². The zero-order valence-electron chi connectivity index (χ0n) is 12.6. The van der Waals surface area contributed by atoms with Crippen LogP contribution in [0.1, 0.15) is 29.8 Å². The number of hydrazine groups is 1. The van der Waals surface area contributed by atoms with Crippen molar-refractivity contribution in [3.05, 3.63) is 17.0 Å². The lowest BCUT2D eigenvalue weighted by atomic mass is 10.2. The van der Waals surface area contributed by atoms with E-state index in [-0.39, 0.29) is 0 Å². The van der Waals surface area contributed by atoms with Gasteiger partial charge in [0.1, 0.15) is 0 Å². The summed E-state index contributed by atoms with van der Waals surface area (Å²) in [6.45, 7) is 7.94. The molecule has 2 aromatic rings. The van der Waals surface area contributed by atoms with Gasteiger partial charge < -0.3 is 4.90 Å². The molecule has 0 aliphatic carbocycles. The second-order valence-electron chi connectivity index (χ2n) is 5.31. The van der Waals surface area contributed by atoms with Crippen molar-refractivity contribution in [2.24, 2.45) is 5.84 Å². The van der Waals surface area contributed by atoms with Gasteiger partial charge in [0, 0.05) is 18.8 Å². The maximum atomic E-state index is 5.49. The molecule has 1 aliphatic rings. The van der Waals surface area contributed by atoms with Crippen LogP contribution in [0.2, 0.25) is 0 Å². The van der Waals surface area contributed by atoms with E-state index in [2.05, 4.69) is 30.4 Å². The molecule has 0 saturated carbocycles. The number of aromatic nitrogens is 5. The first-order valence-corrected chi connectivity index (χ1v) is 7.11. The number of hydrogen-bond donors (Lipinski definition) is 2. The predicted molar refractivity (Wildman–Crippen MR) is 80.4 cm³/mol. The van der Waals surface area contributed by atoms with E-state index in [4.69, 9.17) is 5.84 Å². The fraction of sp³-hybridized carbons (Fsp3) is 0.538. The Hall–Kier alpha value is -2.22. The lowest BCUT2D eigenvalue weighted by molar-refractivity contribution is 0.754. The number of aryl methyl sites for hydroxylation is 1. The van der Waals surface area contributed by atoms with E-state index in [1.165, 1.54) is 0 Å². The molecule has 0 spiro atoms. The summed E-state index contributed by atoms with van der Waals surface area (Å²) in [7, 11) is 0. The van der Waals surface area contributed by atoms with Crippen LogP contribution in [0.25, 0.3) is 5.95 Å². The second kappa shape index (κ2) is 5.28. The predicted octanol–water partition coefficient (Wildman–Crippen LogP) is 0.868. The van der Waals surface area contributed by atoms with Gasteiger partial charge in [-0.1, -0.05) is 0 Å². The lowest BCUT2D eigenvalue weighted by Crippen LogP contribution is -2.24. The molecule has 1 aliphatic heterocycles. The number of nitrogen functional groups attached to an aromatic ring is 1. The first-order valence-electron chi connectivity index (χ1n) is 7.11. The number of nitrogens with two attached hydrogens (primary N) is 1. The Bertz CT molecular complexity index is 656. The van der Waals surface area contributed by atoms with Crippen LogP contribution in [0.15, 0.2) is 0 Å². The molecule has 2 aromatic heterocycles. The third-order valence-corrected chi connectivity index (χ3v) is 3.97. The number of anilines is 2. The fourth-order valence-electron chi connectivity index (χ4n) is 2.49. The Morgan fingerprint density at radius 1 is 1.00 bits per heavy atom. The zero-order valence-corrected chi connectivity index (χ0v) is 12.6. The van der Waals surface area contributed by atoms with Crippen molar-refractivity contribution in [3.8, 4) is 5.95 Å². The molecule has 0 radical (unpaired) electrons. The van der Waals surface area contributed by atoms with Crippen LogP contribution >= 0.6 is 0 Å². The van der Waals surface area contributed by atoms with Gasteiger partial charge in [0.15, 0.2) is 0 Å². The Morgan fingerprint density at radius 2 is 1.67 bits per heavy atom. The first kappa shape index (κ1) is 13.7. The molecule has 0 amide bonds. The number of rotatable bonds is 3. The Labute approximate surface area is 123 Å². The molecule has 112 valence electrons. The summed E-state index contributed by atoms with van der Waals surface area (Å²) in [5, 5.41) is 4.50. The standard InChI is InChI=1S/C13H20N8/c1-8-9(2)19-21(10(8)3)13-16-11(18-14)15-12(17-13)20-6-4-5-7-20/h4-7,14H2,1-3H3,(H,15,16,17,18). The van der Waals surface area contributed by atoms with Gasteiger partial charge >= 0.3 is 0 Å². The first-order chi connectivity index (χ1) is 10.1. The lowest BCUT2D eigenvalue weighted by Gasteiger charge is -2.16. The monoisotopic (exact) mass is 288 g/mol. The summed E-state index contributed by atoms with van der Waals surface area (Å²) in [5.74, 6) is 6.98. The van der Waals surface area contributed by atoms with Crippen LogP contribution < -0.4 is 16.2 Å². The minimum absolute atomic E-state index is 0.354. The van der Waals surface area contributed by atoms with Crippen molar-refractivity contribution in [2.75, 3.05) is 23.4 Å². The van der Waals surface area contributed by atoms with Crippen molar-refractivity contribution in [1.82, 2.24) is 24.7 Å². The Morgan fingerprint density at radius 3 is 2.24 bits per heavy atom. The summed E-state index contributed by atoms with van der Waals surface area (Å²) in [5.41, 5.74) is 5.64. The van der Waals surface area contributed by atoms with Crippen molar-refractivity contribution in [2.45, 2.75) is 33.6 Å². The maximum Gasteiger partial charge on any atom is 0.257 e. The molecular formula is C13H20N8. The quantitative estimate of drug-likeness (QED) is 0.638. The van der Waals surface area contributed by atoms with Crippen LogP contribution in [0.5, 0.6) is 0 Å². The topological polar surface area (TPSA) is 97.8 Å². The molecule has 8 heteroatoms. The van der Waals surface area contributed by atoms with Crippen molar-refractivity contribution in [3.63, 3.8) is 0 Å². The largest absolute Gasteiger partial charge is 0.341 e. The van der Waals surface area contributed by atoms with Gasteiger partial charge in [0.2, 0.25) is 11.9 Å². The fourth-order valence-corrected chi connectivity index (χ4v) is 2.49. The summed E-state index contributed by atoms with van der Waals surface area (Å²) in [6.07, 6.45) is 2.32. The van der Waals surface area contributed by atoms with Gasteiger partial charge in [-0.3, -0.25) is 5.43 Å². The number of hydrogen-bond acceptors (Lipinski definition) is 7. The van der Waals surface area contributed by atoms with E-state index >= 15 is 0 Å². The number of nitrogens with one attached hydrogen (secondary N) is 1. The van der Waals surface area contributed by atoms with Gasteiger partial charge in [-0.15, -0.1) is 0 Å². The van der Waals surface area contributed by atoms with Crippen molar-refractivity contribution in [1.29, 1.82) is 0 Å². The Kier molecular flexibility index (Phi) is 3.46. The highest BCUT2D eigenvalue weighted by molar-refractivity contribution is 5.41. The third-order valence-electron chi connectivity index (χ3n) is 3.97. The molecule has 8 nitrogen and oxygen atoms in total.